The predicted molar refractivity (Wildman–Crippen MR) is 122 cm³/mol. The van der Waals surface area contributed by atoms with Gasteiger partial charge in [0.15, 0.2) is 20.7 Å². The minimum Gasteiger partial charge on any atom is -0.489 e. The quantitative estimate of drug-likeness (QED) is 0.538. The molecule has 0 radical (unpaired) electrons. The Labute approximate surface area is 198 Å². The Morgan fingerprint density at radius 1 is 1.21 bits per heavy atom. The molecule has 1 fully saturated rings. The average molecular weight is 496 g/mol. The maximum atomic E-state index is 11.7. The van der Waals surface area contributed by atoms with Crippen molar-refractivity contribution in [2.75, 3.05) is 31.8 Å². The van der Waals surface area contributed by atoms with Crippen molar-refractivity contribution in [1.82, 2.24) is 20.0 Å². The number of nitrogens with one attached hydrogen (secondary N) is 1. The smallest absolute Gasteiger partial charge is 0.489 e. The molecule has 0 amide bonds. The summed E-state index contributed by atoms with van der Waals surface area (Å²) < 4.78 is 40.0. The van der Waals surface area contributed by atoms with E-state index in [0.29, 0.717) is 48.9 Å². The van der Waals surface area contributed by atoms with Gasteiger partial charge in [0.1, 0.15) is 12.4 Å². The first-order valence-corrected chi connectivity index (χ1v) is 12.6. The van der Waals surface area contributed by atoms with E-state index in [1.165, 1.54) is 19.5 Å². The van der Waals surface area contributed by atoms with Crippen LogP contribution >= 0.6 is 0 Å². The van der Waals surface area contributed by atoms with E-state index in [-0.39, 0.29) is 23.1 Å². The van der Waals surface area contributed by atoms with Crippen LogP contribution in [0.4, 0.5) is 16.3 Å². The number of ether oxygens (including phenoxy) is 3. The van der Waals surface area contributed by atoms with Crippen LogP contribution in [0.5, 0.6) is 11.6 Å². The molecule has 12 nitrogen and oxygen atoms in total. The number of carbonyl (C=O) groups is 1. The predicted octanol–water partition coefficient (Wildman–Crippen LogP) is 2.66. The SMILES string of the molecule is COc1c(Nc2ccc(S(C)(=O)=O)nc2C)ncnc1OC1CCN(OC(=O)OC(C)C)CC1. The molecule has 1 N–H and O–H groups in total. The minimum absolute atomic E-state index is 0.0120. The Balaban J connectivity index is 1.66. The molecule has 0 aromatic carbocycles. The summed E-state index contributed by atoms with van der Waals surface area (Å²) >= 11 is 0. The van der Waals surface area contributed by atoms with Gasteiger partial charge in [0.2, 0.25) is 5.75 Å². The zero-order valence-electron chi connectivity index (χ0n) is 19.8. The summed E-state index contributed by atoms with van der Waals surface area (Å²) in [7, 11) is -1.94. The molecule has 2 aromatic heterocycles. The summed E-state index contributed by atoms with van der Waals surface area (Å²) in [6.07, 6.45) is 2.49. The first-order valence-electron chi connectivity index (χ1n) is 10.7. The van der Waals surface area contributed by atoms with Gasteiger partial charge >= 0.3 is 6.16 Å². The highest BCUT2D eigenvalue weighted by molar-refractivity contribution is 7.90. The number of rotatable bonds is 8. The normalized spacial score (nSPS) is 15.1. The van der Waals surface area contributed by atoms with Crippen LogP contribution in [0.25, 0.3) is 0 Å². The van der Waals surface area contributed by atoms with E-state index in [1.54, 1.807) is 31.9 Å². The number of hydroxylamine groups is 2. The molecule has 1 saturated heterocycles. The number of anilines is 2. The summed E-state index contributed by atoms with van der Waals surface area (Å²) in [5.41, 5.74) is 1.04. The van der Waals surface area contributed by atoms with Gasteiger partial charge in [0, 0.05) is 32.2 Å². The Hall–Kier alpha value is -3.19. The number of pyridine rings is 1. The van der Waals surface area contributed by atoms with Crippen molar-refractivity contribution in [3.63, 3.8) is 0 Å². The third-order valence-corrected chi connectivity index (χ3v) is 5.87. The first kappa shape index (κ1) is 25.4. The Morgan fingerprint density at radius 3 is 2.50 bits per heavy atom. The third kappa shape index (κ3) is 6.67. The molecule has 3 rings (SSSR count). The van der Waals surface area contributed by atoms with Gasteiger partial charge in [-0.2, -0.15) is 4.98 Å². The number of carbonyl (C=O) groups excluding carboxylic acids is 1. The molecule has 0 atom stereocenters. The van der Waals surface area contributed by atoms with Crippen molar-refractivity contribution in [3.8, 4) is 11.6 Å². The number of hydrogen-bond acceptors (Lipinski definition) is 12. The molecule has 0 aliphatic carbocycles. The largest absolute Gasteiger partial charge is 0.528 e. The van der Waals surface area contributed by atoms with E-state index in [0.717, 1.165) is 6.26 Å². The fourth-order valence-electron chi connectivity index (χ4n) is 3.24. The zero-order valence-corrected chi connectivity index (χ0v) is 20.6. The van der Waals surface area contributed by atoms with Crippen molar-refractivity contribution in [3.05, 3.63) is 24.2 Å². The van der Waals surface area contributed by atoms with Gasteiger partial charge in [-0.25, -0.2) is 23.2 Å². The number of hydrogen-bond donors (Lipinski definition) is 1. The maximum absolute atomic E-state index is 11.7. The highest BCUT2D eigenvalue weighted by atomic mass is 32.2. The Morgan fingerprint density at radius 2 is 1.91 bits per heavy atom. The van der Waals surface area contributed by atoms with E-state index >= 15 is 0 Å². The fourth-order valence-corrected chi connectivity index (χ4v) is 3.86. The van der Waals surface area contributed by atoms with Crippen LogP contribution in [0.1, 0.15) is 32.4 Å². The molecule has 1 aliphatic rings. The molecule has 2 aromatic rings. The molecule has 34 heavy (non-hydrogen) atoms. The van der Waals surface area contributed by atoms with E-state index < -0.39 is 16.0 Å². The summed E-state index contributed by atoms with van der Waals surface area (Å²) in [6, 6.07) is 3.03. The summed E-state index contributed by atoms with van der Waals surface area (Å²) in [5.74, 6) is 0.909. The summed E-state index contributed by atoms with van der Waals surface area (Å²) in [5, 5.41) is 4.63. The lowest BCUT2D eigenvalue weighted by molar-refractivity contribution is -0.151. The van der Waals surface area contributed by atoms with Crippen molar-refractivity contribution in [2.45, 2.75) is 50.8 Å². The van der Waals surface area contributed by atoms with Crippen molar-refractivity contribution < 1.29 is 32.3 Å². The van der Waals surface area contributed by atoms with Gasteiger partial charge in [0.05, 0.1) is 24.6 Å². The molecule has 1 aliphatic heterocycles. The van der Waals surface area contributed by atoms with Crippen molar-refractivity contribution in [2.24, 2.45) is 0 Å². The van der Waals surface area contributed by atoms with E-state index in [1.807, 2.05) is 0 Å². The highest BCUT2D eigenvalue weighted by Gasteiger charge is 2.26. The van der Waals surface area contributed by atoms with Crippen LogP contribution in [-0.4, -0.2) is 73.3 Å². The second-order valence-electron chi connectivity index (χ2n) is 7.99. The molecule has 0 saturated carbocycles. The number of nitrogens with zero attached hydrogens (tertiary/aromatic N) is 4. The first-order chi connectivity index (χ1) is 16.1. The summed E-state index contributed by atoms with van der Waals surface area (Å²) in [6.45, 7) is 6.15. The van der Waals surface area contributed by atoms with Gasteiger partial charge in [0.25, 0.3) is 5.88 Å². The molecular formula is C21H29N5O7S. The fraction of sp³-hybridized carbons (Fsp3) is 0.524. The van der Waals surface area contributed by atoms with Crippen LogP contribution in [-0.2, 0) is 19.4 Å². The highest BCUT2D eigenvalue weighted by Crippen LogP contribution is 2.35. The second-order valence-corrected chi connectivity index (χ2v) is 9.96. The van der Waals surface area contributed by atoms with E-state index in [2.05, 4.69) is 20.3 Å². The average Bonchev–Trinajstić information content (AvgIpc) is 2.75. The van der Waals surface area contributed by atoms with Crippen molar-refractivity contribution in [1.29, 1.82) is 0 Å². The Kier molecular flexibility index (Phi) is 8.10. The number of sulfone groups is 1. The van der Waals surface area contributed by atoms with Gasteiger partial charge in [-0.3, -0.25) is 0 Å². The van der Waals surface area contributed by atoms with Gasteiger partial charge in [-0.05, 0) is 32.9 Å². The molecule has 186 valence electrons. The maximum Gasteiger partial charge on any atom is 0.528 e. The summed E-state index contributed by atoms with van der Waals surface area (Å²) in [4.78, 5) is 29.4. The van der Waals surface area contributed by atoms with Gasteiger partial charge in [-0.1, -0.05) is 0 Å². The number of methoxy groups -OCH3 is 1. The topological polar surface area (TPSA) is 142 Å². The number of piperidine rings is 1. The van der Waals surface area contributed by atoms with Crippen LogP contribution in [0, 0.1) is 6.92 Å². The molecule has 0 unspecified atom stereocenters. The molecule has 0 bridgehead atoms. The molecule has 13 heteroatoms. The minimum atomic E-state index is -3.41. The van der Waals surface area contributed by atoms with Gasteiger partial charge in [-0.15, -0.1) is 5.06 Å². The number of aryl methyl sites for hydroxylation is 1. The van der Waals surface area contributed by atoms with Crippen molar-refractivity contribution >= 4 is 27.5 Å². The molecular weight excluding hydrogens is 466 g/mol. The third-order valence-electron chi connectivity index (χ3n) is 4.88. The lowest BCUT2D eigenvalue weighted by Gasteiger charge is -2.30. The van der Waals surface area contributed by atoms with Crippen LogP contribution in [0.15, 0.2) is 23.5 Å². The molecule has 0 spiro atoms. The Bertz CT molecular complexity index is 1120. The zero-order chi connectivity index (χ0) is 24.9. The standard InChI is InChI=1S/C21H29N5O7S/c1-13(2)31-21(27)33-26-10-8-15(9-11-26)32-20-18(30-4)19(22-12-23-20)25-16-6-7-17(24-14(16)3)34(5,28)29/h6-7,12-13,15H,8-11H2,1-5H3,(H,22,23,25). The lowest BCUT2D eigenvalue weighted by atomic mass is 10.1. The van der Waals surface area contributed by atoms with Gasteiger partial charge < -0.3 is 24.4 Å². The van der Waals surface area contributed by atoms with Crippen LogP contribution < -0.4 is 14.8 Å². The molecule has 3 heterocycles. The number of aromatic nitrogens is 3. The van der Waals surface area contributed by atoms with E-state index in [9.17, 15) is 13.2 Å². The monoisotopic (exact) mass is 495 g/mol. The van der Waals surface area contributed by atoms with Crippen LogP contribution in [0.3, 0.4) is 0 Å². The second kappa shape index (κ2) is 10.8. The lowest BCUT2D eigenvalue weighted by Crippen LogP contribution is -2.40. The van der Waals surface area contributed by atoms with E-state index in [4.69, 9.17) is 19.0 Å². The van der Waals surface area contributed by atoms with Crippen LogP contribution in [0.2, 0.25) is 0 Å².